The zero-order chi connectivity index (χ0) is 13.2. The lowest BCUT2D eigenvalue weighted by atomic mass is 9.74. The molecule has 0 saturated heterocycles. The zero-order valence-corrected chi connectivity index (χ0v) is 11.2. The topological polar surface area (TPSA) is 23.8 Å². The molecule has 0 radical (unpaired) electrons. The normalized spacial score (nSPS) is 25.4. The van der Waals surface area contributed by atoms with Gasteiger partial charge in [-0.25, -0.2) is 0 Å². The molecule has 2 heteroatoms. The van der Waals surface area contributed by atoms with Crippen LogP contribution in [-0.4, -0.2) is 0 Å². The predicted molar refractivity (Wildman–Crippen MR) is 77.0 cm³/mol. The summed E-state index contributed by atoms with van der Waals surface area (Å²) in [4.78, 5) is 0. The molecule has 2 aromatic carbocycles. The monoisotopic (exact) mass is 267 g/mol. The van der Waals surface area contributed by atoms with E-state index < -0.39 is 0 Å². The van der Waals surface area contributed by atoms with Gasteiger partial charge in [-0.15, -0.1) is 11.6 Å². The molecule has 0 aliphatic heterocycles. The molecule has 0 saturated carbocycles. The summed E-state index contributed by atoms with van der Waals surface area (Å²) >= 11 is 6.44. The van der Waals surface area contributed by atoms with Crippen LogP contribution in [0.5, 0.6) is 0 Å². The van der Waals surface area contributed by atoms with Crippen LogP contribution < -0.4 is 0 Å². The molecule has 1 aliphatic rings. The first-order valence-corrected chi connectivity index (χ1v) is 6.92. The second kappa shape index (κ2) is 5.07. The van der Waals surface area contributed by atoms with Crippen molar-refractivity contribution < 1.29 is 0 Å². The lowest BCUT2D eigenvalue weighted by Crippen LogP contribution is -2.20. The Morgan fingerprint density at radius 2 is 1.58 bits per heavy atom. The van der Waals surface area contributed by atoms with E-state index in [4.69, 9.17) is 11.6 Å². The van der Waals surface area contributed by atoms with Crippen LogP contribution in [0, 0.1) is 17.2 Å². The van der Waals surface area contributed by atoms with Gasteiger partial charge in [0.05, 0.1) is 17.4 Å². The number of hydrogen-bond donors (Lipinski definition) is 0. The molecule has 0 spiro atoms. The molecule has 1 nitrogen and oxygen atoms in total. The van der Waals surface area contributed by atoms with E-state index in [2.05, 4.69) is 24.3 Å². The lowest BCUT2D eigenvalue weighted by Gasteiger charge is -2.32. The van der Waals surface area contributed by atoms with Gasteiger partial charge in [-0.05, 0) is 23.1 Å². The van der Waals surface area contributed by atoms with Crippen molar-refractivity contribution in [3.63, 3.8) is 0 Å². The highest BCUT2D eigenvalue weighted by atomic mass is 35.5. The Hall–Kier alpha value is -1.78. The molecule has 3 unspecified atom stereocenters. The third-order valence-corrected chi connectivity index (χ3v) is 4.42. The van der Waals surface area contributed by atoms with Gasteiger partial charge in [0.15, 0.2) is 0 Å². The van der Waals surface area contributed by atoms with Gasteiger partial charge < -0.3 is 0 Å². The second-order valence-electron chi connectivity index (χ2n) is 4.97. The van der Waals surface area contributed by atoms with Gasteiger partial charge in [0, 0.05) is 5.92 Å². The summed E-state index contributed by atoms with van der Waals surface area (Å²) in [5, 5.41) is 9.12. The molecule has 1 aliphatic carbocycles. The Kier molecular flexibility index (Phi) is 3.27. The molecular weight excluding hydrogens is 254 g/mol. The van der Waals surface area contributed by atoms with Crippen LogP contribution in [-0.2, 0) is 0 Å². The molecule has 2 aromatic rings. The van der Waals surface area contributed by atoms with Gasteiger partial charge >= 0.3 is 0 Å². The number of benzene rings is 2. The fraction of sp³-hybridized carbons (Fsp3) is 0.235. The smallest absolute Gasteiger partial charge is 0.0746 e. The maximum atomic E-state index is 9.32. The quantitative estimate of drug-likeness (QED) is 0.691. The number of halogens is 1. The van der Waals surface area contributed by atoms with Gasteiger partial charge in [0.2, 0.25) is 0 Å². The van der Waals surface area contributed by atoms with Crippen LogP contribution in [0.3, 0.4) is 0 Å². The van der Waals surface area contributed by atoms with Crippen LogP contribution in [0.2, 0.25) is 0 Å². The minimum atomic E-state index is -0.193. The van der Waals surface area contributed by atoms with Crippen molar-refractivity contribution in [2.24, 2.45) is 5.92 Å². The van der Waals surface area contributed by atoms with E-state index in [1.54, 1.807) is 0 Å². The Labute approximate surface area is 118 Å². The van der Waals surface area contributed by atoms with Gasteiger partial charge in [0.25, 0.3) is 0 Å². The molecule has 3 rings (SSSR count). The highest BCUT2D eigenvalue weighted by molar-refractivity contribution is 6.21. The van der Waals surface area contributed by atoms with Crippen LogP contribution in [0.1, 0.15) is 34.4 Å². The van der Waals surface area contributed by atoms with Crippen LogP contribution >= 0.6 is 11.6 Å². The van der Waals surface area contributed by atoms with Gasteiger partial charge in [-0.3, -0.25) is 0 Å². The molecule has 94 valence electrons. The first-order valence-electron chi connectivity index (χ1n) is 6.48. The Morgan fingerprint density at radius 3 is 2.26 bits per heavy atom. The molecule has 0 fully saturated rings. The van der Waals surface area contributed by atoms with Gasteiger partial charge in [-0.2, -0.15) is 5.26 Å². The van der Waals surface area contributed by atoms with E-state index in [-0.39, 0.29) is 17.2 Å². The summed E-state index contributed by atoms with van der Waals surface area (Å²) in [6.45, 7) is 0. The third kappa shape index (κ3) is 2.13. The lowest BCUT2D eigenvalue weighted by molar-refractivity contribution is 0.504. The molecule has 0 N–H and O–H groups in total. The summed E-state index contributed by atoms with van der Waals surface area (Å²) < 4.78 is 0. The fourth-order valence-electron chi connectivity index (χ4n) is 2.92. The summed E-state index contributed by atoms with van der Waals surface area (Å²) in [5.41, 5.74) is 3.63. The SMILES string of the molecule is N#CC1CC(c2ccccc2)c2ccccc2C1Cl. The van der Waals surface area contributed by atoms with Crippen LogP contribution in [0.4, 0.5) is 0 Å². The average molecular weight is 268 g/mol. The van der Waals surface area contributed by atoms with E-state index >= 15 is 0 Å². The van der Waals surface area contributed by atoms with Gasteiger partial charge in [0.1, 0.15) is 0 Å². The van der Waals surface area contributed by atoms with Crippen molar-refractivity contribution in [1.29, 1.82) is 5.26 Å². The number of rotatable bonds is 1. The van der Waals surface area contributed by atoms with Crippen molar-refractivity contribution in [3.8, 4) is 6.07 Å². The number of hydrogen-bond acceptors (Lipinski definition) is 1. The zero-order valence-electron chi connectivity index (χ0n) is 10.5. The average Bonchev–Trinajstić information content (AvgIpc) is 2.49. The molecule has 0 aromatic heterocycles. The summed E-state index contributed by atoms with van der Waals surface area (Å²) in [6, 6.07) is 21.0. The number of nitrogens with zero attached hydrogens (tertiary/aromatic N) is 1. The van der Waals surface area contributed by atoms with Crippen molar-refractivity contribution in [2.75, 3.05) is 0 Å². The van der Waals surface area contributed by atoms with E-state index in [1.807, 2.05) is 36.4 Å². The molecule has 0 bridgehead atoms. The molecule has 3 atom stereocenters. The summed E-state index contributed by atoms with van der Waals surface area (Å²) in [5.74, 6) is 0.152. The van der Waals surface area contributed by atoms with E-state index in [0.29, 0.717) is 0 Å². The van der Waals surface area contributed by atoms with E-state index in [0.717, 1.165) is 12.0 Å². The first kappa shape index (κ1) is 12.3. The van der Waals surface area contributed by atoms with Crippen molar-refractivity contribution in [2.45, 2.75) is 17.7 Å². The molecule has 19 heavy (non-hydrogen) atoms. The van der Waals surface area contributed by atoms with Crippen molar-refractivity contribution in [3.05, 3.63) is 71.3 Å². The summed E-state index contributed by atoms with van der Waals surface area (Å²) in [6.07, 6.45) is 0.797. The number of nitriles is 1. The maximum Gasteiger partial charge on any atom is 0.0746 e. The highest BCUT2D eigenvalue weighted by Crippen LogP contribution is 2.46. The highest BCUT2D eigenvalue weighted by Gasteiger charge is 2.34. The largest absolute Gasteiger partial charge is 0.198 e. The standard InChI is InChI=1S/C17H14ClN/c18-17-13(11-19)10-16(12-6-2-1-3-7-12)14-8-4-5-9-15(14)17/h1-9,13,16-17H,10H2. The van der Waals surface area contributed by atoms with E-state index in [9.17, 15) is 5.26 Å². The van der Waals surface area contributed by atoms with Crippen molar-refractivity contribution >= 4 is 11.6 Å². The Morgan fingerprint density at radius 1 is 0.947 bits per heavy atom. The van der Waals surface area contributed by atoms with Gasteiger partial charge in [-0.1, -0.05) is 54.6 Å². The van der Waals surface area contributed by atoms with Crippen LogP contribution in [0.25, 0.3) is 0 Å². The molecule has 0 amide bonds. The van der Waals surface area contributed by atoms with Crippen LogP contribution in [0.15, 0.2) is 54.6 Å². The predicted octanol–water partition coefficient (Wildman–Crippen LogP) is 4.64. The van der Waals surface area contributed by atoms with Crippen molar-refractivity contribution in [1.82, 2.24) is 0 Å². The molecular formula is C17H14ClN. The number of alkyl halides is 1. The minimum absolute atomic E-state index is 0.123. The second-order valence-corrected chi connectivity index (χ2v) is 5.44. The Bertz CT molecular complexity index is 615. The summed E-state index contributed by atoms with van der Waals surface area (Å²) in [7, 11) is 0. The number of fused-ring (bicyclic) bond motifs is 1. The third-order valence-electron chi connectivity index (χ3n) is 3.88. The fourth-order valence-corrected chi connectivity index (χ4v) is 3.27. The maximum absolute atomic E-state index is 9.32. The minimum Gasteiger partial charge on any atom is -0.198 e. The Balaban J connectivity index is 2.11. The van der Waals surface area contributed by atoms with E-state index in [1.165, 1.54) is 11.1 Å². The first-order chi connectivity index (χ1) is 9.31. The molecule has 0 heterocycles.